The Morgan fingerprint density at radius 1 is 1.37 bits per heavy atom. The summed E-state index contributed by atoms with van der Waals surface area (Å²) in [5, 5.41) is 21.7. The zero-order chi connectivity index (χ0) is 14.3. The number of rotatable bonds is 7. The summed E-state index contributed by atoms with van der Waals surface area (Å²) in [6.45, 7) is 3.21. The van der Waals surface area contributed by atoms with Crippen LogP contribution in [0.3, 0.4) is 0 Å². The Labute approximate surface area is 113 Å². The van der Waals surface area contributed by atoms with Gasteiger partial charge in [-0.1, -0.05) is 13.3 Å². The van der Waals surface area contributed by atoms with Gasteiger partial charge >= 0.3 is 0 Å². The van der Waals surface area contributed by atoms with Crippen molar-refractivity contribution < 1.29 is 15.0 Å². The highest BCUT2D eigenvalue weighted by molar-refractivity contribution is 5.97. The lowest BCUT2D eigenvalue weighted by Gasteiger charge is -2.16. The molecule has 19 heavy (non-hydrogen) atoms. The molecule has 0 heterocycles. The van der Waals surface area contributed by atoms with E-state index in [9.17, 15) is 15.0 Å². The van der Waals surface area contributed by atoms with Crippen molar-refractivity contribution in [1.29, 1.82) is 0 Å². The second-order valence-electron chi connectivity index (χ2n) is 4.64. The lowest BCUT2D eigenvalue weighted by molar-refractivity contribution is 0.0942. The number of hydrogen-bond acceptors (Lipinski definition) is 4. The normalized spacial score (nSPS) is 12.1. The van der Waals surface area contributed by atoms with Crippen molar-refractivity contribution in [3.63, 3.8) is 0 Å². The molecule has 0 aliphatic carbocycles. The van der Waals surface area contributed by atoms with Crippen LogP contribution >= 0.6 is 0 Å². The van der Waals surface area contributed by atoms with Crippen molar-refractivity contribution >= 4 is 5.91 Å². The van der Waals surface area contributed by atoms with E-state index in [1.165, 1.54) is 18.2 Å². The van der Waals surface area contributed by atoms with Gasteiger partial charge in [-0.3, -0.25) is 4.79 Å². The van der Waals surface area contributed by atoms with E-state index in [0.717, 1.165) is 19.3 Å². The van der Waals surface area contributed by atoms with Gasteiger partial charge in [0.15, 0.2) is 0 Å². The van der Waals surface area contributed by atoms with Crippen LogP contribution in [0.5, 0.6) is 11.5 Å². The standard InChI is InChI=1S/C14H22N2O3/c1-2-3-10(6-7-15)9-16-14(19)12-8-11(17)4-5-13(12)18/h4-5,8,10,17-18H,2-3,6-7,9,15H2,1H3,(H,16,19). The molecule has 0 aromatic heterocycles. The molecule has 0 saturated heterocycles. The molecule has 1 unspecified atom stereocenters. The Balaban J connectivity index is 2.61. The smallest absolute Gasteiger partial charge is 0.255 e. The van der Waals surface area contributed by atoms with E-state index in [0.29, 0.717) is 19.0 Å². The van der Waals surface area contributed by atoms with E-state index < -0.39 is 0 Å². The predicted octanol–water partition coefficient (Wildman–Crippen LogP) is 1.59. The van der Waals surface area contributed by atoms with Crippen molar-refractivity contribution in [2.45, 2.75) is 26.2 Å². The van der Waals surface area contributed by atoms with Crippen LogP contribution in [0, 0.1) is 5.92 Å². The minimum atomic E-state index is -0.383. The van der Waals surface area contributed by atoms with Gasteiger partial charge < -0.3 is 21.3 Å². The summed E-state index contributed by atoms with van der Waals surface area (Å²) < 4.78 is 0. The predicted molar refractivity (Wildman–Crippen MR) is 74.2 cm³/mol. The van der Waals surface area contributed by atoms with Crippen molar-refractivity contribution in [3.8, 4) is 11.5 Å². The largest absolute Gasteiger partial charge is 0.508 e. The molecule has 0 radical (unpaired) electrons. The summed E-state index contributed by atoms with van der Waals surface area (Å²) >= 11 is 0. The number of aromatic hydroxyl groups is 2. The van der Waals surface area contributed by atoms with Crippen LogP contribution < -0.4 is 11.1 Å². The molecule has 1 aromatic carbocycles. The fourth-order valence-electron chi connectivity index (χ4n) is 2.03. The summed E-state index contributed by atoms with van der Waals surface area (Å²) in [5.74, 6) is -0.221. The topological polar surface area (TPSA) is 95.6 Å². The highest BCUT2D eigenvalue weighted by Gasteiger charge is 2.14. The summed E-state index contributed by atoms with van der Waals surface area (Å²) in [4.78, 5) is 11.9. The molecule has 1 amide bonds. The van der Waals surface area contributed by atoms with Gasteiger partial charge in [-0.15, -0.1) is 0 Å². The molecule has 1 atom stereocenters. The minimum absolute atomic E-state index is 0.0463. The molecule has 0 aliphatic heterocycles. The van der Waals surface area contributed by atoms with Gasteiger partial charge in [-0.25, -0.2) is 0 Å². The molecule has 106 valence electrons. The van der Waals surface area contributed by atoms with Gasteiger partial charge in [-0.05, 0) is 43.5 Å². The molecule has 5 heteroatoms. The zero-order valence-corrected chi connectivity index (χ0v) is 11.2. The molecule has 0 fully saturated rings. The maximum absolute atomic E-state index is 11.9. The molecular weight excluding hydrogens is 244 g/mol. The average molecular weight is 266 g/mol. The van der Waals surface area contributed by atoms with Crippen molar-refractivity contribution in [3.05, 3.63) is 23.8 Å². The lowest BCUT2D eigenvalue weighted by Crippen LogP contribution is -2.30. The first-order valence-electron chi connectivity index (χ1n) is 6.58. The quantitative estimate of drug-likeness (QED) is 0.564. The van der Waals surface area contributed by atoms with Crippen LogP contribution in [0.2, 0.25) is 0 Å². The first-order chi connectivity index (χ1) is 9.08. The Bertz CT molecular complexity index is 415. The summed E-state index contributed by atoms with van der Waals surface area (Å²) in [6.07, 6.45) is 2.90. The minimum Gasteiger partial charge on any atom is -0.508 e. The first kappa shape index (κ1) is 15.3. The van der Waals surface area contributed by atoms with Gasteiger partial charge in [0.05, 0.1) is 5.56 Å². The van der Waals surface area contributed by atoms with Crippen LogP contribution in [-0.4, -0.2) is 29.2 Å². The molecule has 0 bridgehead atoms. The number of amides is 1. The summed E-state index contributed by atoms with van der Waals surface area (Å²) in [6, 6.07) is 3.89. The van der Waals surface area contributed by atoms with Crippen molar-refractivity contribution in [1.82, 2.24) is 5.32 Å². The fraction of sp³-hybridized carbons (Fsp3) is 0.500. The monoisotopic (exact) mass is 266 g/mol. The highest BCUT2D eigenvalue weighted by atomic mass is 16.3. The van der Waals surface area contributed by atoms with E-state index >= 15 is 0 Å². The van der Waals surface area contributed by atoms with Crippen LogP contribution in [-0.2, 0) is 0 Å². The third-order valence-electron chi connectivity index (χ3n) is 3.05. The van der Waals surface area contributed by atoms with Gasteiger partial charge in [0.1, 0.15) is 11.5 Å². The molecule has 0 spiro atoms. The number of phenolic OH excluding ortho intramolecular Hbond substituents is 2. The summed E-state index contributed by atoms with van der Waals surface area (Å²) in [5.41, 5.74) is 5.62. The Morgan fingerprint density at radius 2 is 2.11 bits per heavy atom. The van der Waals surface area contributed by atoms with E-state index in [-0.39, 0.29) is 23.0 Å². The molecule has 1 aromatic rings. The van der Waals surface area contributed by atoms with Crippen molar-refractivity contribution in [2.24, 2.45) is 11.7 Å². The van der Waals surface area contributed by atoms with Gasteiger partial charge in [0, 0.05) is 6.54 Å². The van der Waals surface area contributed by atoms with Crippen LogP contribution in [0.25, 0.3) is 0 Å². The fourth-order valence-corrected chi connectivity index (χ4v) is 2.03. The Morgan fingerprint density at radius 3 is 2.74 bits per heavy atom. The van der Waals surface area contributed by atoms with Gasteiger partial charge in [-0.2, -0.15) is 0 Å². The molecule has 0 aliphatic rings. The number of hydrogen-bond donors (Lipinski definition) is 4. The number of carbonyl (C=O) groups excluding carboxylic acids is 1. The molecule has 1 rings (SSSR count). The number of phenols is 2. The van der Waals surface area contributed by atoms with E-state index in [4.69, 9.17) is 5.73 Å². The number of benzene rings is 1. The maximum Gasteiger partial charge on any atom is 0.255 e. The second-order valence-corrected chi connectivity index (χ2v) is 4.64. The second kappa shape index (κ2) is 7.63. The third-order valence-corrected chi connectivity index (χ3v) is 3.05. The highest BCUT2D eigenvalue weighted by Crippen LogP contribution is 2.22. The molecule has 5 nitrogen and oxygen atoms in total. The van der Waals surface area contributed by atoms with E-state index in [1.54, 1.807) is 0 Å². The van der Waals surface area contributed by atoms with Gasteiger partial charge in [0.2, 0.25) is 0 Å². The van der Waals surface area contributed by atoms with Crippen LogP contribution in [0.4, 0.5) is 0 Å². The van der Waals surface area contributed by atoms with E-state index in [2.05, 4.69) is 12.2 Å². The molecule has 0 saturated carbocycles. The number of nitrogens with one attached hydrogen (secondary N) is 1. The maximum atomic E-state index is 11.9. The van der Waals surface area contributed by atoms with E-state index in [1.807, 2.05) is 0 Å². The molecular formula is C14H22N2O3. The molecule has 5 N–H and O–H groups in total. The lowest BCUT2D eigenvalue weighted by atomic mass is 9.99. The SMILES string of the molecule is CCCC(CCN)CNC(=O)c1cc(O)ccc1O. The average Bonchev–Trinajstić information content (AvgIpc) is 2.39. The summed E-state index contributed by atoms with van der Waals surface area (Å²) in [7, 11) is 0. The third kappa shape index (κ3) is 4.79. The van der Waals surface area contributed by atoms with Crippen LogP contribution in [0.1, 0.15) is 36.5 Å². The Hall–Kier alpha value is -1.75. The zero-order valence-electron chi connectivity index (χ0n) is 11.2. The number of carbonyl (C=O) groups is 1. The van der Waals surface area contributed by atoms with Gasteiger partial charge in [0.25, 0.3) is 5.91 Å². The van der Waals surface area contributed by atoms with Crippen LogP contribution in [0.15, 0.2) is 18.2 Å². The Kier molecular flexibility index (Phi) is 6.15. The first-order valence-corrected chi connectivity index (χ1v) is 6.58. The van der Waals surface area contributed by atoms with Crippen molar-refractivity contribution in [2.75, 3.05) is 13.1 Å². The number of nitrogens with two attached hydrogens (primary N) is 1.